The minimum absolute atomic E-state index is 0.0224. The molecule has 2 aromatic carbocycles. The van der Waals surface area contributed by atoms with Gasteiger partial charge in [-0.15, -0.1) is 0 Å². The first kappa shape index (κ1) is 18.7. The van der Waals surface area contributed by atoms with E-state index in [-0.39, 0.29) is 24.0 Å². The number of halogens is 4. The molecule has 2 heterocycles. The fourth-order valence-corrected chi connectivity index (χ4v) is 3.54. The molecule has 0 saturated heterocycles. The molecule has 0 aliphatic carbocycles. The summed E-state index contributed by atoms with van der Waals surface area (Å²) in [6.45, 7) is 3.73. The highest BCUT2D eigenvalue weighted by Crippen LogP contribution is 2.39. The monoisotopic (exact) mass is 409 g/mol. The molecule has 0 spiro atoms. The molecule has 3 aromatic rings. The molecule has 8 heteroatoms. The summed E-state index contributed by atoms with van der Waals surface area (Å²) in [5.41, 5.74) is 1.23. The van der Waals surface area contributed by atoms with Crippen molar-refractivity contribution in [1.82, 2.24) is 0 Å². The highest BCUT2D eigenvalue weighted by atomic mass is 35.5. The van der Waals surface area contributed by atoms with Crippen molar-refractivity contribution in [2.45, 2.75) is 26.6 Å². The number of nitrogens with zero attached hydrogens (tertiary/aromatic N) is 1. The van der Waals surface area contributed by atoms with Crippen molar-refractivity contribution in [3.8, 4) is 5.75 Å². The average Bonchev–Trinajstić information content (AvgIpc) is 2.65. The van der Waals surface area contributed by atoms with Gasteiger partial charge in [0.25, 0.3) is 0 Å². The third-order valence-corrected chi connectivity index (χ3v) is 5.34. The summed E-state index contributed by atoms with van der Waals surface area (Å²) in [6, 6.07) is 6.73. The standard InChI is InChI=1S/C20H15ClF3NO3/c1-10-11(2)19(26)28-18-13(10)4-6-17-14(18)8-25(9-27-17)16-7-12(20(22,23)24)3-5-15(16)21/h3-7H,8-9H2,1-2H3. The molecule has 0 amide bonds. The van der Waals surface area contributed by atoms with Crippen molar-refractivity contribution in [2.24, 2.45) is 0 Å². The Bertz CT molecular complexity index is 1150. The first-order valence-electron chi connectivity index (χ1n) is 8.47. The second-order valence-electron chi connectivity index (χ2n) is 6.69. The Hall–Kier alpha value is -2.67. The van der Waals surface area contributed by atoms with Gasteiger partial charge in [0.15, 0.2) is 6.73 Å². The zero-order valence-electron chi connectivity index (χ0n) is 15.0. The van der Waals surface area contributed by atoms with Gasteiger partial charge in [-0.1, -0.05) is 11.6 Å². The maximum absolute atomic E-state index is 13.1. The Morgan fingerprint density at radius 2 is 1.86 bits per heavy atom. The van der Waals surface area contributed by atoms with Gasteiger partial charge in [-0.05, 0) is 49.7 Å². The Morgan fingerprint density at radius 3 is 2.57 bits per heavy atom. The van der Waals surface area contributed by atoms with E-state index in [0.29, 0.717) is 22.5 Å². The molecule has 4 rings (SSSR count). The number of anilines is 1. The van der Waals surface area contributed by atoms with Crippen LogP contribution in [0.15, 0.2) is 39.5 Å². The van der Waals surface area contributed by atoms with Crippen LogP contribution in [0.3, 0.4) is 0 Å². The van der Waals surface area contributed by atoms with Gasteiger partial charge in [0.2, 0.25) is 0 Å². The zero-order chi connectivity index (χ0) is 20.2. The van der Waals surface area contributed by atoms with Gasteiger partial charge in [-0.25, -0.2) is 4.79 Å². The minimum Gasteiger partial charge on any atom is -0.473 e. The Kier molecular flexibility index (Phi) is 4.30. The molecular weight excluding hydrogens is 395 g/mol. The molecule has 146 valence electrons. The van der Waals surface area contributed by atoms with E-state index in [1.807, 2.05) is 13.0 Å². The molecule has 0 radical (unpaired) electrons. The largest absolute Gasteiger partial charge is 0.473 e. The Labute approximate surface area is 163 Å². The number of hydrogen-bond donors (Lipinski definition) is 0. The van der Waals surface area contributed by atoms with Gasteiger partial charge in [-0.3, -0.25) is 0 Å². The number of benzene rings is 2. The number of hydrogen-bond acceptors (Lipinski definition) is 4. The lowest BCUT2D eigenvalue weighted by molar-refractivity contribution is -0.137. The van der Waals surface area contributed by atoms with E-state index in [1.165, 1.54) is 6.07 Å². The predicted molar refractivity (Wildman–Crippen MR) is 100 cm³/mol. The van der Waals surface area contributed by atoms with Crippen LogP contribution < -0.4 is 15.3 Å². The molecule has 0 unspecified atom stereocenters. The van der Waals surface area contributed by atoms with Gasteiger partial charge in [0, 0.05) is 10.9 Å². The second-order valence-corrected chi connectivity index (χ2v) is 7.10. The fraction of sp³-hybridized carbons (Fsp3) is 0.250. The molecule has 28 heavy (non-hydrogen) atoms. The van der Waals surface area contributed by atoms with Crippen LogP contribution in [0.25, 0.3) is 11.0 Å². The van der Waals surface area contributed by atoms with E-state index in [2.05, 4.69) is 0 Å². The molecule has 1 aromatic heterocycles. The predicted octanol–water partition coefficient (Wildman–Crippen LogP) is 5.44. The van der Waals surface area contributed by atoms with Crippen molar-refractivity contribution in [1.29, 1.82) is 0 Å². The van der Waals surface area contributed by atoms with E-state index in [4.69, 9.17) is 20.8 Å². The number of aryl methyl sites for hydroxylation is 1. The number of fused-ring (bicyclic) bond motifs is 3. The SMILES string of the molecule is Cc1c(C)c2ccc3c(c2oc1=O)CN(c1cc(C(F)(F)F)ccc1Cl)CO3. The van der Waals surface area contributed by atoms with Crippen molar-refractivity contribution in [2.75, 3.05) is 11.6 Å². The molecule has 0 N–H and O–H groups in total. The Balaban J connectivity index is 1.83. The van der Waals surface area contributed by atoms with Crippen molar-refractivity contribution < 1.29 is 22.3 Å². The normalized spacial score (nSPS) is 14.1. The summed E-state index contributed by atoms with van der Waals surface area (Å²) in [5.74, 6) is 0.526. The third kappa shape index (κ3) is 2.99. The van der Waals surface area contributed by atoms with Gasteiger partial charge >= 0.3 is 11.8 Å². The van der Waals surface area contributed by atoms with Crippen LogP contribution in [-0.4, -0.2) is 6.73 Å². The van der Waals surface area contributed by atoms with Gasteiger partial charge in [0.1, 0.15) is 11.3 Å². The highest BCUT2D eigenvalue weighted by Gasteiger charge is 2.32. The highest BCUT2D eigenvalue weighted by molar-refractivity contribution is 6.33. The molecule has 1 aliphatic heterocycles. The Morgan fingerprint density at radius 1 is 1.11 bits per heavy atom. The van der Waals surface area contributed by atoms with Crippen molar-refractivity contribution in [3.63, 3.8) is 0 Å². The minimum atomic E-state index is -4.48. The van der Waals surface area contributed by atoms with Crippen LogP contribution >= 0.6 is 11.6 Å². The maximum Gasteiger partial charge on any atom is 0.416 e. The maximum atomic E-state index is 13.1. The molecule has 1 aliphatic rings. The molecular formula is C20H15ClF3NO3. The van der Waals surface area contributed by atoms with E-state index in [0.717, 1.165) is 23.1 Å². The molecule has 0 saturated carbocycles. The number of alkyl halides is 3. The number of ether oxygens (including phenoxy) is 1. The third-order valence-electron chi connectivity index (χ3n) is 5.02. The van der Waals surface area contributed by atoms with Crippen LogP contribution in [0.4, 0.5) is 18.9 Å². The van der Waals surface area contributed by atoms with Gasteiger partial charge < -0.3 is 14.1 Å². The quantitative estimate of drug-likeness (QED) is 0.502. The average molecular weight is 410 g/mol. The lowest BCUT2D eigenvalue weighted by Gasteiger charge is -2.32. The summed E-state index contributed by atoms with van der Waals surface area (Å²) in [4.78, 5) is 13.7. The van der Waals surface area contributed by atoms with Crippen LogP contribution in [0.1, 0.15) is 22.3 Å². The number of rotatable bonds is 1. The van der Waals surface area contributed by atoms with E-state index in [1.54, 1.807) is 17.9 Å². The zero-order valence-corrected chi connectivity index (χ0v) is 15.7. The molecule has 0 bridgehead atoms. The van der Waals surface area contributed by atoms with Crippen LogP contribution in [0, 0.1) is 13.8 Å². The van der Waals surface area contributed by atoms with Crippen LogP contribution in [0.5, 0.6) is 5.75 Å². The van der Waals surface area contributed by atoms with Crippen LogP contribution in [-0.2, 0) is 12.7 Å². The molecule has 0 fully saturated rings. The molecule has 4 nitrogen and oxygen atoms in total. The summed E-state index contributed by atoms with van der Waals surface area (Å²) >= 11 is 6.16. The summed E-state index contributed by atoms with van der Waals surface area (Å²) in [6.07, 6.45) is -4.48. The first-order chi connectivity index (χ1) is 13.2. The van der Waals surface area contributed by atoms with Gasteiger partial charge in [0.05, 0.1) is 28.4 Å². The smallest absolute Gasteiger partial charge is 0.416 e. The lowest BCUT2D eigenvalue weighted by atomic mass is 10.0. The topological polar surface area (TPSA) is 42.7 Å². The van der Waals surface area contributed by atoms with E-state index < -0.39 is 17.4 Å². The van der Waals surface area contributed by atoms with Crippen LogP contribution in [0.2, 0.25) is 5.02 Å². The summed E-state index contributed by atoms with van der Waals surface area (Å²) in [7, 11) is 0. The van der Waals surface area contributed by atoms with E-state index >= 15 is 0 Å². The lowest BCUT2D eigenvalue weighted by Crippen LogP contribution is -2.32. The summed E-state index contributed by atoms with van der Waals surface area (Å²) in [5, 5.41) is 0.935. The van der Waals surface area contributed by atoms with Gasteiger partial charge in [-0.2, -0.15) is 13.2 Å². The summed E-state index contributed by atoms with van der Waals surface area (Å²) < 4.78 is 50.5. The second kappa shape index (κ2) is 6.44. The first-order valence-corrected chi connectivity index (χ1v) is 8.85. The van der Waals surface area contributed by atoms with Crippen molar-refractivity contribution in [3.05, 3.63) is 68.0 Å². The fourth-order valence-electron chi connectivity index (χ4n) is 3.30. The molecule has 0 atom stereocenters. The van der Waals surface area contributed by atoms with E-state index in [9.17, 15) is 18.0 Å². The van der Waals surface area contributed by atoms with Crippen molar-refractivity contribution >= 4 is 28.3 Å².